The second kappa shape index (κ2) is 6.54. The predicted octanol–water partition coefficient (Wildman–Crippen LogP) is 2.19. The highest BCUT2D eigenvalue weighted by Gasteiger charge is 2.25. The summed E-state index contributed by atoms with van der Waals surface area (Å²) >= 11 is 0. The number of sulfone groups is 1. The van der Waals surface area contributed by atoms with Crippen molar-refractivity contribution in [2.75, 3.05) is 12.8 Å². The Morgan fingerprint density at radius 1 is 1.19 bits per heavy atom. The van der Waals surface area contributed by atoms with Crippen LogP contribution in [-0.4, -0.2) is 37.5 Å². The summed E-state index contributed by atoms with van der Waals surface area (Å²) in [4.78, 5) is 4.63. The van der Waals surface area contributed by atoms with E-state index in [9.17, 15) is 8.42 Å². The molecule has 114 valence electrons. The number of para-hydroxylation sites is 1. The first-order valence-electron chi connectivity index (χ1n) is 7.18. The van der Waals surface area contributed by atoms with Gasteiger partial charge in [0.25, 0.3) is 0 Å². The second-order valence-corrected chi connectivity index (χ2v) is 7.80. The number of likely N-dealkylation sites (N-methyl/N-ethyl adjacent to an activating group) is 1. The number of benzene rings is 1. The Bertz CT molecular complexity index is 713. The number of nitrogens with one attached hydrogen (secondary N) is 1. The molecule has 1 heterocycles. The lowest BCUT2D eigenvalue weighted by Gasteiger charge is -2.23. The third kappa shape index (κ3) is 4.02. The van der Waals surface area contributed by atoms with Gasteiger partial charge in [0.05, 0.1) is 10.8 Å². The number of hydrogen-bond acceptors (Lipinski definition) is 4. The SMILES string of the molecule is CCNC(Cc1ccc2ccccc2n1)C(C)S(C)(=O)=O. The zero-order chi connectivity index (χ0) is 15.5. The molecular formula is C16H22N2O2S. The molecule has 0 radical (unpaired) electrons. The monoisotopic (exact) mass is 306 g/mol. The summed E-state index contributed by atoms with van der Waals surface area (Å²) in [5.74, 6) is 0. The van der Waals surface area contributed by atoms with Gasteiger partial charge in [-0.25, -0.2) is 8.42 Å². The quantitative estimate of drug-likeness (QED) is 0.889. The van der Waals surface area contributed by atoms with Gasteiger partial charge in [-0.15, -0.1) is 0 Å². The normalized spacial score (nSPS) is 15.0. The average molecular weight is 306 g/mol. The molecule has 1 aromatic carbocycles. The fourth-order valence-electron chi connectivity index (χ4n) is 2.41. The van der Waals surface area contributed by atoms with Crippen molar-refractivity contribution >= 4 is 20.7 Å². The van der Waals surface area contributed by atoms with Gasteiger partial charge in [0, 0.05) is 29.8 Å². The molecule has 0 spiro atoms. The highest BCUT2D eigenvalue weighted by molar-refractivity contribution is 7.91. The van der Waals surface area contributed by atoms with Gasteiger partial charge in [0.1, 0.15) is 0 Å². The minimum atomic E-state index is -3.08. The first kappa shape index (κ1) is 15.9. The maximum Gasteiger partial charge on any atom is 0.151 e. The first-order chi connectivity index (χ1) is 9.91. The van der Waals surface area contributed by atoms with Crippen molar-refractivity contribution in [2.45, 2.75) is 31.6 Å². The fourth-order valence-corrected chi connectivity index (χ4v) is 3.20. The van der Waals surface area contributed by atoms with E-state index in [0.29, 0.717) is 6.42 Å². The van der Waals surface area contributed by atoms with Crippen LogP contribution in [0.2, 0.25) is 0 Å². The van der Waals surface area contributed by atoms with E-state index in [1.165, 1.54) is 6.26 Å². The number of fused-ring (bicyclic) bond motifs is 1. The van der Waals surface area contributed by atoms with Gasteiger partial charge < -0.3 is 5.32 Å². The fraction of sp³-hybridized carbons (Fsp3) is 0.438. The summed E-state index contributed by atoms with van der Waals surface area (Å²) in [6.45, 7) is 4.47. The maximum atomic E-state index is 11.8. The van der Waals surface area contributed by atoms with Crippen LogP contribution in [0.5, 0.6) is 0 Å². The van der Waals surface area contributed by atoms with Crippen molar-refractivity contribution in [2.24, 2.45) is 0 Å². The summed E-state index contributed by atoms with van der Waals surface area (Å²) in [6, 6.07) is 11.8. The van der Waals surface area contributed by atoms with Gasteiger partial charge in [0.15, 0.2) is 9.84 Å². The van der Waals surface area contributed by atoms with Crippen LogP contribution < -0.4 is 5.32 Å². The Morgan fingerprint density at radius 2 is 1.90 bits per heavy atom. The Kier molecular flexibility index (Phi) is 4.96. The molecule has 0 aliphatic heterocycles. The maximum absolute atomic E-state index is 11.8. The van der Waals surface area contributed by atoms with Crippen LogP contribution in [0.1, 0.15) is 19.5 Å². The van der Waals surface area contributed by atoms with Crippen LogP contribution in [0.3, 0.4) is 0 Å². The van der Waals surface area contributed by atoms with Gasteiger partial charge in [0.2, 0.25) is 0 Å². The number of aromatic nitrogens is 1. The molecule has 1 N–H and O–H groups in total. The topological polar surface area (TPSA) is 59.1 Å². The summed E-state index contributed by atoms with van der Waals surface area (Å²) in [6.07, 6.45) is 1.89. The molecular weight excluding hydrogens is 284 g/mol. The summed E-state index contributed by atoms with van der Waals surface area (Å²) in [7, 11) is -3.08. The van der Waals surface area contributed by atoms with E-state index in [-0.39, 0.29) is 6.04 Å². The lowest BCUT2D eigenvalue weighted by atomic mass is 10.1. The van der Waals surface area contributed by atoms with Crippen LogP contribution in [0.15, 0.2) is 36.4 Å². The van der Waals surface area contributed by atoms with Crippen molar-refractivity contribution in [3.05, 3.63) is 42.1 Å². The smallest absolute Gasteiger partial charge is 0.151 e. The number of pyridine rings is 1. The van der Waals surface area contributed by atoms with Gasteiger partial charge >= 0.3 is 0 Å². The summed E-state index contributed by atoms with van der Waals surface area (Å²) in [5, 5.41) is 3.92. The highest BCUT2D eigenvalue weighted by atomic mass is 32.2. The van der Waals surface area contributed by atoms with E-state index in [1.807, 2.05) is 43.3 Å². The lowest BCUT2D eigenvalue weighted by Crippen LogP contribution is -2.43. The summed E-state index contributed by atoms with van der Waals surface area (Å²) < 4.78 is 23.6. The molecule has 4 nitrogen and oxygen atoms in total. The van der Waals surface area contributed by atoms with E-state index in [2.05, 4.69) is 10.3 Å². The van der Waals surface area contributed by atoms with E-state index < -0.39 is 15.1 Å². The molecule has 0 saturated carbocycles. The van der Waals surface area contributed by atoms with Crippen molar-refractivity contribution in [3.8, 4) is 0 Å². The van der Waals surface area contributed by atoms with Crippen LogP contribution in [0.4, 0.5) is 0 Å². The third-order valence-electron chi connectivity index (χ3n) is 3.79. The molecule has 2 unspecified atom stereocenters. The van der Waals surface area contributed by atoms with E-state index >= 15 is 0 Å². The number of nitrogens with zero attached hydrogens (tertiary/aromatic N) is 1. The van der Waals surface area contributed by atoms with Crippen molar-refractivity contribution in [1.82, 2.24) is 10.3 Å². The third-order valence-corrected chi connectivity index (χ3v) is 5.47. The number of rotatable bonds is 6. The van der Waals surface area contributed by atoms with Crippen LogP contribution >= 0.6 is 0 Å². The molecule has 21 heavy (non-hydrogen) atoms. The van der Waals surface area contributed by atoms with Gasteiger partial charge in [-0.1, -0.05) is 31.2 Å². The minimum Gasteiger partial charge on any atom is -0.313 e. The average Bonchev–Trinajstić information content (AvgIpc) is 2.45. The molecule has 5 heteroatoms. The predicted molar refractivity (Wildman–Crippen MR) is 87.2 cm³/mol. The molecule has 2 atom stereocenters. The van der Waals surface area contributed by atoms with Crippen molar-refractivity contribution in [1.29, 1.82) is 0 Å². The van der Waals surface area contributed by atoms with Gasteiger partial charge in [-0.05, 0) is 25.6 Å². The van der Waals surface area contributed by atoms with Gasteiger partial charge in [-0.3, -0.25) is 4.98 Å². The molecule has 0 aliphatic rings. The Morgan fingerprint density at radius 3 is 2.57 bits per heavy atom. The second-order valence-electron chi connectivity index (χ2n) is 5.40. The Hall–Kier alpha value is -1.46. The molecule has 2 rings (SSSR count). The molecule has 0 fully saturated rings. The van der Waals surface area contributed by atoms with Crippen LogP contribution in [-0.2, 0) is 16.3 Å². The van der Waals surface area contributed by atoms with E-state index in [0.717, 1.165) is 23.1 Å². The molecule has 0 bridgehead atoms. The largest absolute Gasteiger partial charge is 0.313 e. The molecule has 2 aromatic rings. The standard InChI is InChI=1S/C16H22N2O2S/c1-4-17-16(12(2)21(3,19)20)11-14-10-9-13-7-5-6-8-15(13)18-14/h5-10,12,16-17H,4,11H2,1-3H3. The van der Waals surface area contributed by atoms with Crippen LogP contribution in [0.25, 0.3) is 10.9 Å². The summed E-state index contributed by atoms with van der Waals surface area (Å²) in [5.41, 5.74) is 1.85. The highest BCUT2D eigenvalue weighted by Crippen LogP contribution is 2.15. The Balaban J connectivity index is 2.26. The lowest BCUT2D eigenvalue weighted by molar-refractivity contribution is 0.491. The van der Waals surface area contributed by atoms with Crippen molar-refractivity contribution < 1.29 is 8.42 Å². The van der Waals surface area contributed by atoms with Crippen molar-refractivity contribution in [3.63, 3.8) is 0 Å². The number of hydrogen-bond donors (Lipinski definition) is 1. The Labute approximate surface area is 126 Å². The minimum absolute atomic E-state index is 0.126. The van der Waals surface area contributed by atoms with Crippen LogP contribution in [0, 0.1) is 0 Å². The van der Waals surface area contributed by atoms with E-state index in [4.69, 9.17) is 0 Å². The molecule has 1 aromatic heterocycles. The molecule has 0 amide bonds. The zero-order valence-corrected chi connectivity index (χ0v) is 13.5. The molecule has 0 aliphatic carbocycles. The first-order valence-corrected chi connectivity index (χ1v) is 9.14. The zero-order valence-electron chi connectivity index (χ0n) is 12.7. The van der Waals surface area contributed by atoms with Gasteiger partial charge in [-0.2, -0.15) is 0 Å². The molecule has 0 saturated heterocycles. The van der Waals surface area contributed by atoms with E-state index in [1.54, 1.807) is 6.92 Å².